The molecule has 100 valence electrons. The van der Waals surface area contributed by atoms with Gasteiger partial charge in [-0.15, -0.1) is 0 Å². The van der Waals surface area contributed by atoms with E-state index in [0.29, 0.717) is 12.5 Å². The van der Waals surface area contributed by atoms with Gasteiger partial charge in [-0.1, -0.05) is 26.0 Å². The summed E-state index contributed by atoms with van der Waals surface area (Å²) < 4.78 is 5.59. The Hall–Kier alpha value is -1.71. The van der Waals surface area contributed by atoms with Gasteiger partial charge in [-0.05, 0) is 37.5 Å². The molecule has 1 aromatic carbocycles. The highest BCUT2D eigenvalue weighted by molar-refractivity contribution is 5.73. The molecule has 4 heteroatoms. The largest absolute Gasteiger partial charge is 0.471 e. The molecule has 2 amide bonds. The Morgan fingerprint density at radius 2 is 1.83 bits per heavy atom. The zero-order valence-electron chi connectivity index (χ0n) is 11.5. The average Bonchev–Trinajstić information content (AvgIpc) is 2.29. The number of rotatable bonds is 5. The number of carbonyl (C=O) groups is 1. The van der Waals surface area contributed by atoms with Crippen molar-refractivity contribution in [2.24, 2.45) is 0 Å². The van der Waals surface area contributed by atoms with Crippen molar-refractivity contribution >= 4 is 6.03 Å². The van der Waals surface area contributed by atoms with Gasteiger partial charge in [0.15, 0.2) is 6.23 Å². The summed E-state index contributed by atoms with van der Waals surface area (Å²) in [5.41, 5.74) is 1.27. The fourth-order valence-electron chi connectivity index (χ4n) is 1.56. The average molecular weight is 250 g/mol. The van der Waals surface area contributed by atoms with E-state index < -0.39 is 0 Å². The second-order valence-corrected chi connectivity index (χ2v) is 4.49. The van der Waals surface area contributed by atoms with E-state index in [-0.39, 0.29) is 12.3 Å². The van der Waals surface area contributed by atoms with Crippen LogP contribution in [0.25, 0.3) is 0 Å². The van der Waals surface area contributed by atoms with Gasteiger partial charge in [-0.3, -0.25) is 0 Å². The molecule has 4 nitrogen and oxygen atoms in total. The Labute approximate surface area is 109 Å². The molecule has 0 bridgehead atoms. The van der Waals surface area contributed by atoms with Gasteiger partial charge >= 0.3 is 6.03 Å². The summed E-state index contributed by atoms with van der Waals surface area (Å²) in [5, 5.41) is 5.35. The molecule has 0 saturated heterocycles. The van der Waals surface area contributed by atoms with Crippen molar-refractivity contribution in [2.45, 2.75) is 39.8 Å². The first-order chi connectivity index (χ1) is 8.52. The van der Waals surface area contributed by atoms with Crippen LogP contribution in [0.3, 0.4) is 0 Å². The maximum atomic E-state index is 11.3. The summed E-state index contributed by atoms with van der Waals surface area (Å²) in [6.07, 6.45) is -0.360. The monoisotopic (exact) mass is 250 g/mol. The van der Waals surface area contributed by atoms with Gasteiger partial charge in [0.05, 0.1) is 0 Å². The number of amides is 2. The normalized spacial score (nSPS) is 12.1. The Kier molecular flexibility index (Phi) is 5.49. The number of urea groups is 1. The predicted molar refractivity (Wildman–Crippen MR) is 72.8 cm³/mol. The Bertz CT molecular complexity index is 374. The molecular weight excluding hydrogens is 228 g/mol. The van der Waals surface area contributed by atoms with Crippen LogP contribution in [-0.2, 0) is 0 Å². The number of hydrogen-bond acceptors (Lipinski definition) is 2. The van der Waals surface area contributed by atoms with E-state index in [0.717, 1.165) is 5.75 Å². The van der Waals surface area contributed by atoms with Gasteiger partial charge in [0.25, 0.3) is 0 Å². The van der Waals surface area contributed by atoms with E-state index in [1.54, 1.807) is 6.92 Å². The van der Waals surface area contributed by atoms with Crippen LogP contribution in [0.15, 0.2) is 24.3 Å². The smallest absolute Gasteiger partial charge is 0.317 e. The molecule has 1 unspecified atom stereocenters. The SMILES string of the molecule is CCNC(=O)NC(C)Oc1ccc(C(C)C)cc1. The van der Waals surface area contributed by atoms with Crippen LogP contribution in [0.1, 0.15) is 39.2 Å². The van der Waals surface area contributed by atoms with Gasteiger partial charge in [-0.25, -0.2) is 4.79 Å². The van der Waals surface area contributed by atoms with Crippen LogP contribution in [0.5, 0.6) is 5.75 Å². The third-order valence-electron chi connectivity index (χ3n) is 2.53. The van der Waals surface area contributed by atoms with E-state index >= 15 is 0 Å². The van der Waals surface area contributed by atoms with Gasteiger partial charge in [-0.2, -0.15) is 0 Å². The summed E-state index contributed by atoms with van der Waals surface area (Å²) in [6, 6.07) is 7.71. The van der Waals surface area contributed by atoms with Crippen LogP contribution >= 0.6 is 0 Å². The third-order valence-corrected chi connectivity index (χ3v) is 2.53. The minimum Gasteiger partial charge on any atom is -0.471 e. The summed E-state index contributed by atoms with van der Waals surface area (Å²) in [5.74, 6) is 1.26. The first-order valence-corrected chi connectivity index (χ1v) is 6.34. The zero-order valence-corrected chi connectivity index (χ0v) is 11.5. The quantitative estimate of drug-likeness (QED) is 0.789. The molecule has 0 radical (unpaired) electrons. The van der Waals surface area contributed by atoms with E-state index in [1.165, 1.54) is 5.56 Å². The first kappa shape index (κ1) is 14.4. The molecule has 0 spiro atoms. The fourth-order valence-corrected chi connectivity index (χ4v) is 1.56. The molecule has 0 aliphatic heterocycles. The Morgan fingerprint density at radius 3 is 2.33 bits per heavy atom. The minimum absolute atomic E-state index is 0.219. The molecule has 0 aliphatic rings. The van der Waals surface area contributed by atoms with E-state index in [1.807, 2.05) is 31.2 Å². The standard InChI is InChI=1S/C14H22N2O2/c1-5-15-14(17)16-11(4)18-13-8-6-12(7-9-13)10(2)3/h6-11H,5H2,1-4H3,(H2,15,16,17). The van der Waals surface area contributed by atoms with Crippen molar-refractivity contribution < 1.29 is 9.53 Å². The molecule has 1 atom stereocenters. The molecule has 0 saturated carbocycles. The highest BCUT2D eigenvalue weighted by Gasteiger charge is 2.07. The first-order valence-electron chi connectivity index (χ1n) is 6.34. The van der Waals surface area contributed by atoms with Gasteiger partial charge in [0.2, 0.25) is 0 Å². The molecule has 18 heavy (non-hydrogen) atoms. The van der Waals surface area contributed by atoms with Crippen molar-refractivity contribution in [3.05, 3.63) is 29.8 Å². The molecule has 2 N–H and O–H groups in total. The lowest BCUT2D eigenvalue weighted by atomic mass is 10.0. The molecule has 1 aromatic rings. The Morgan fingerprint density at radius 1 is 1.22 bits per heavy atom. The minimum atomic E-state index is -0.360. The molecular formula is C14H22N2O2. The lowest BCUT2D eigenvalue weighted by Gasteiger charge is -2.17. The number of carbonyl (C=O) groups excluding carboxylic acids is 1. The van der Waals surface area contributed by atoms with Crippen LogP contribution < -0.4 is 15.4 Å². The van der Waals surface area contributed by atoms with Crippen molar-refractivity contribution in [3.63, 3.8) is 0 Å². The molecule has 0 aromatic heterocycles. The Balaban J connectivity index is 2.49. The molecule has 0 fully saturated rings. The summed E-state index contributed by atoms with van der Waals surface area (Å²) >= 11 is 0. The highest BCUT2D eigenvalue weighted by atomic mass is 16.5. The molecule has 1 rings (SSSR count). The van der Waals surface area contributed by atoms with Crippen LogP contribution in [0.4, 0.5) is 4.79 Å². The van der Waals surface area contributed by atoms with Crippen LogP contribution in [0.2, 0.25) is 0 Å². The van der Waals surface area contributed by atoms with E-state index in [4.69, 9.17) is 4.74 Å². The van der Waals surface area contributed by atoms with Crippen molar-refractivity contribution in [2.75, 3.05) is 6.54 Å². The van der Waals surface area contributed by atoms with Gasteiger partial charge in [0.1, 0.15) is 5.75 Å². The number of benzene rings is 1. The van der Waals surface area contributed by atoms with Crippen LogP contribution in [0, 0.1) is 0 Å². The number of hydrogen-bond donors (Lipinski definition) is 2. The van der Waals surface area contributed by atoms with Gasteiger partial charge < -0.3 is 15.4 Å². The van der Waals surface area contributed by atoms with Crippen molar-refractivity contribution in [3.8, 4) is 5.75 Å². The van der Waals surface area contributed by atoms with Crippen molar-refractivity contribution in [1.29, 1.82) is 0 Å². The number of nitrogens with one attached hydrogen (secondary N) is 2. The van der Waals surface area contributed by atoms with E-state index in [2.05, 4.69) is 24.5 Å². The second kappa shape index (κ2) is 6.89. The van der Waals surface area contributed by atoms with E-state index in [9.17, 15) is 4.79 Å². The summed E-state index contributed by atoms with van der Waals surface area (Å²) in [6.45, 7) is 8.56. The number of ether oxygens (including phenoxy) is 1. The second-order valence-electron chi connectivity index (χ2n) is 4.49. The zero-order chi connectivity index (χ0) is 13.5. The fraction of sp³-hybridized carbons (Fsp3) is 0.500. The lowest BCUT2D eigenvalue weighted by molar-refractivity contribution is 0.177. The lowest BCUT2D eigenvalue weighted by Crippen LogP contribution is -2.43. The van der Waals surface area contributed by atoms with Crippen molar-refractivity contribution in [1.82, 2.24) is 10.6 Å². The third kappa shape index (κ3) is 4.65. The topological polar surface area (TPSA) is 50.4 Å². The molecule has 0 aliphatic carbocycles. The molecule has 0 heterocycles. The highest BCUT2D eigenvalue weighted by Crippen LogP contribution is 2.18. The summed E-state index contributed by atoms with van der Waals surface area (Å²) in [4.78, 5) is 11.3. The van der Waals surface area contributed by atoms with Gasteiger partial charge in [0, 0.05) is 6.54 Å². The summed E-state index contributed by atoms with van der Waals surface area (Å²) in [7, 11) is 0. The predicted octanol–water partition coefficient (Wildman–Crippen LogP) is 2.85. The van der Waals surface area contributed by atoms with Crippen LogP contribution in [-0.4, -0.2) is 18.8 Å². The maximum Gasteiger partial charge on any atom is 0.317 e. The maximum absolute atomic E-state index is 11.3.